The van der Waals surface area contributed by atoms with Crippen LogP contribution in [0.1, 0.15) is 16.7 Å². The zero-order chi connectivity index (χ0) is 24.7. The maximum atomic E-state index is 13.8. The zero-order valence-corrected chi connectivity index (χ0v) is 19.4. The summed E-state index contributed by atoms with van der Waals surface area (Å²) in [5.41, 5.74) is 3.54. The Morgan fingerprint density at radius 3 is 2.51 bits per heavy atom. The van der Waals surface area contributed by atoms with Gasteiger partial charge in [0.2, 0.25) is 11.6 Å². The van der Waals surface area contributed by atoms with Gasteiger partial charge < -0.3 is 10.1 Å². The summed E-state index contributed by atoms with van der Waals surface area (Å²) in [7, 11) is 0. The second-order valence-corrected chi connectivity index (χ2v) is 8.44. The van der Waals surface area contributed by atoms with Crippen LogP contribution >= 0.6 is 0 Å². The maximum absolute atomic E-state index is 13.8. The average molecular weight is 471 g/mol. The zero-order valence-electron chi connectivity index (χ0n) is 19.4. The van der Waals surface area contributed by atoms with E-state index in [4.69, 9.17) is 4.74 Å². The Kier molecular flexibility index (Phi) is 5.52. The molecule has 0 saturated heterocycles. The van der Waals surface area contributed by atoms with Gasteiger partial charge in [0.05, 0.1) is 11.0 Å². The molecule has 0 bridgehead atoms. The minimum absolute atomic E-state index is 0.144. The molecular weight excluding hydrogens is 449 g/mol. The van der Waals surface area contributed by atoms with Crippen molar-refractivity contribution >= 4 is 28.3 Å². The van der Waals surface area contributed by atoms with E-state index in [-0.39, 0.29) is 18.1 Å². The molecule has 0 aliphatic carbocycles. The van der Waals surface area contributed by atoms with E-state index < -0.39 is 17.4 Å². The van der Waals surface area contributed by atoms with Gasteiger partial charge in [-0.15, -0.1) is 5.10 Å². The fourth-order valence-electron chi connectivity index (χ4n) is 3.95. The third kappa shape index (κ3) is 4.35. The molecule has 5 aromatic rings. The third-order valence-electron chi connectivity index (χ3n) is 5.53. The van der Waals surface area contributed by atoms with E-state index in [1.54, 1.807) is 37.3 Å². The first-order valence-corrected chi connectivity index (χ1v) is 11.0. The number of rotatable bonds is 5. The molecule has 0 radical (unpaired) electrons. The molecule has 8 nitrogen and oxygen atoms in total. The van der Waals surface area contributed by atoms with Gasteiger partial charge in [-0.2, -0.15) is 0 Å². The average Bonchev–Trinajstić information content (AvgIpc) is 3.12. The molecule has 0 aliphatic heterocycles. The lowest BCUT2D eigenvalue weighted by Gasteiger charge is -2.09. The number of halogens is 1. The Morgan fingerprint density at radius 2 is 1.77 bits per heavy atom. The number of carbonyl (C=O) groups excluding carboxylic acids is 1. The van der Waals surface area contributed by atoms with Crippen molar-refractivity contribution in [3.05, 3.63) is 93.7 Å². The molecule has 1 N–H and O–H groups in total. The Hall–Kier alpha value is -4.53. The number of amides is 1. The Bertz CT molecular complexity index is 1650. The van der Waals surface area contributed by atoms with E-state index >= 15 is 0 Å². The van der Waals surface area contributed by atoms with Crippen molar-refractivity contribution in [3.8, 4) is 11.6 Å². The van der Waals surface area contributed by atoms with E-state index in [2.05, 4.69) is 15.4 Å². The summed E-state index contributed by atoms with van der Waals surface area (Å²) in [5.74, 6) is -0.245. The van der Waals surface area contributed by atoms with Crippen molar-refractivity contribution in [2.45, 2.75) is 27.3 Å². The molecule has 0 spiro atoms. The molecular formula is C26H22FN5O3. The van der Waals surface area contributed by atoms with Crippen LogP contribution in [0.5, 0.6) is 11.6 Å². The first-order chi connectivity index (χ1) is 16.8. The van der Waals surface area contributed by atoms with Gasteiger partial charge in [0, 0.05) is 5.69 Å². The molecule has 9 heteroatoms. The van der Waals surface area contributed by atoms with Crippen LogP contribution in [0.2, 0.25) is 0 Å². The Morgan fingerprint density at radius 1 is 1.03 bits per heavy atom. The molecule has 0 atom stereocenters. The fourth-order valence-corrected chi connectivity index (χ4v) is 3.95. The van der Waals surface area contributed by atoms with Crippen molar-refractivity contribution in [1.29, 1.82) is 0 Å². The highest BCUT2D eigenvalue weighted by Crippen LogP contribution is 2.27. The summed E-state index contributed by atoms with van der Waals surface area (Å²) < 4.78 is 22.3. The van der Waals surface area contributed by atoms with Gasteiger partial charge in [-0.3, -0.25) is 4.79 Å². The van der Waals surface area contributed by atoms with E-state index in [1.807, 2.05) is 38.1 Å². The Labute approximate surface area is 199 Å². The Balaban J connectivity index is 1.55. The van der Waals surface area contributed by atoms with Crippen LogP contribution in [0, 0.1) is 26.6 Å². The predicted molar refractivity (Wildman–Crippen MR) is 131 cm³/mol. The molecule has 5 rings (SSSR count). The fraction of sp³-hybridized carbons (Fsp3) is 0.154. The largest absolute Gasteiger partial charge is 0.436 e. The number of anilines is 1. The van der Waals surface area contributed by atoms with Crippen molar-refractivity contribution in [2.24, 2.45) is 0 Å². The van der Waals surface area contributed by atoms with Gasteiger partial charge in [-0.1, -0.05) is 24.3 Å². The number of hydrogen-bond acceptors (Lipinski definition) is 5. The lowest BCUT2D eigenvalue weighted by Crippen LogP contribution is -2.28. The molecule has 35 heavy (non-hydrogen) atoms. The number of nitrogens with one attached hydrogen (secondary N) is 1. The first-order valence-electron chi connectivity index (χ1n) is 11.0. The van der Waals surface area contributed by atoms with Gasteiger partial charge in [0.25, 0.3) is 5.88 Å². The van der Waals surface area contributed by atoms with Crippen LogP contribution in [0.25, 0.3) is 16.7 Å². The number of ether oxygens (including phenoxy) is 1. The van der Waals surface area contributed by atoms with Crippen LogP contribution in [-0.4, -0.2) is 25.1 Å². The van der Waals surface area contributed by atoms with Crippen molar-refractivity contribution < 1.29 is 13.9 Å². The SMILES string of the molecule is Cc1cc(C)cc(Oc2nc3ccccc3n3c(=O)n(CC(=O)Nc4ccc(C)c(F)c4)nc23)c1. The van der Waals surface area contributed by atoms with Gasteiger partial charge in [-0.05, 0) is 73.9 Å². The maximum Gasteiger partial charge on any atom is 0.351 e. The van der Waals surface area contributed by atoms with Crippen molar-refractivity contribution in [3.63, 3.8) is 0 Å². The summed E-state index contributed by atoms with van der Waals surface area (Å²) in [5, 5.41) is 6.96. The molecule has 0 aliphatic rings. The first kappa shape index (κ1) is 22.3. The van der Waals surface area contributed by atoms with Crippen molar-refractivity contribution in [1.82, 2.24) is 19.2 Å². The quantitative estimate of drug-likeness (QED) is 0.407. The molecule has 0 fully saturated rings. The third-order valence-corrected chi connectivity index (χ3v) is 5.53. The van der Waals surface area contributed by atoms with Gasteiger partial charge in [0.15, 0.2) is 0 Å². The highest BCUT2D eigenvalue weighted by Gasteiger charge is 2.19. The molecule has 0 unspecified atom stereocenters. The number of fused-ring (bicyclic) bond motifs is 3. The second-order valence-electron chi connectivity index (χ2n) is 8.44. The number of benzene rings is 3. The lowest BCUT2D eigenvalue weighted by molar-refractivity contribution is -0.117. The summed E-state index contributed by atoms with van der Waals surface area (Å²) in [6, 6.07) is 17.3. The van der Waals surface area contributed by atoms with E-state index in [0.29, 0.717) is 28.0 Å². The van der Waals surface area contributed by atoms with E-state index in [1.165, 1.54) is 10.5 Å². The summed E-state index contributed by atoms with van der Waals surface area (Å²) in [6.45, 7) is 5.18. The molecule has 3 aromatic carbocycles. The normalized spacial score (nSPS) is 11.2. The van der Waals surface area contributed by atoms with E-state index in [0.717, 1.165) is 15.8 Å². The lowest BCUT2D eigenvalue weighted by atomic mass is 10.1. The van der Waals surface area contributed by atoms with Crippen LogP contribution < -0.4 is 15.7 Å². The molecule has 176 valence electrons. The number of aromatic nitrogens is 4. The predicted octanol–water partition coefficient (Wildman–Crippen LogP) is 4.54. The summed E-state index contributed by atoms with van der Waals surface area (Å²) >= 11 is 0. The van der Waals surface area contributed by atoms with Crippen LogP contribution in [0.15, 0.2) is 65.5 Å². The van der Waals surface area contributed by atoms with Crippen LogP contribution in [-0.2, 0) is 11.3 Å². The standard InChI is InChI=1S/C26H22FN5O3/c1-15-10-16(2)12-19(11-15)35-25-24-30-31(14-23(33)28-18-9-8-17(3)20(27)13-18)26(34)32(24)22-7-5-4-6-21(22)29-25/h4-13H,14H2,1-3H3,(H,28,33). The minimum atomic E-state index is -0.521. The number of aryl methyl sites for hydroxylation is 3. The van der Waals surface area contributed by atoms with Crippen LogP contribution in [0.3, 0.4) is 0 Å². The monoisotopic (exact) mass is 471 g/mol. The summed E-state index contributed by atoms with van der Waals surface area (Å²) in [6.07, 6.45) is 0. The summed E-state index contributed by atoms with van der Waals surface area (Å²) in [4.78, 5) is 30.5. The van der Waals surface area contributed by atoms with Gasteiger partial charge in [0.1, 0.15) is 18.1 Å². The number of nitrogens with zero attached hydrogens (tertiary/aromatic N) is 4. The highest BCUT2D eigenvalue weighted by molar-refractivity contribution is 5.90. The van der Waals surface area contributed by atoms with Gasteiger partial charge >= 0.3 is 5.69 Å². The highest BCUT2D eigenvalue weighted by atomic mass is 19.1. The smallest absolute Gasteiger partial charge is 0.351 e. The van der Waals surface area contributed by atoms with Crippen molar-refractivity contribution in [2.75, 3.05) is 5.32 Å². The molecule has 2 aromatic heterocycles. The van der Waals surface area contributed by atoms with Crippen LogP contribution in [0.4, 0.5) is 10.1 Å². The van der Waals surface area contributed by atoms with Gasteiger partial charge in [-0.25, -0.2) is 23.3 Å². The topological polar surface area (TPSA) is 90.5 Å². The number of carbonyl (C=O) groups is 1. The second kappa shape index (κ2) is 8.68. The minimum Gasteiger partial charge on any atom is -0.436 e. The van der Waals surface area contributed by atoms with E-state index in [9.17, 15) is 14.0 Å². The number of para-hydroxylation sites is 2. The number of hydrogen-bond donors (Lipinski definition) is 1. The molecule has 1 amide bonds. The molecule has 0 saturated carbocycles. The molecule has 2 heterocycles.